The molecule has 0 radical (unpaired) electrons. The number of benzene rings is 2. The summed E-state index contributed by atoms with van der Waals surface area (Å²) in [7, 11) is 0. The van der Waals surface area contributed by atoms with Gasteiger partial charge in [-0.1, -0.05) is 67.9 Å². The molecule has 0 fully saturated rings. The molecular formula is C23H25ClN6O. The molecule has 4 rings (SSSR count). The molecule has 0 aliphatic rings. The number of likely N-dealkylation sites (N-methyl/N-ethyl adjacent to an activating group) is 1. The molecule has 2 aromatic carbocycles. The van der Waals surface area contributed by atoms with Crippen LogP contribution in [0.1, 0.15) is 25.5 Å². The van der Waals surface area contributed by atoms with Gasteiger partial charge >= 0.3 is 0 Å². The summed E-state index contributed by atoms with van der Waals surface area (Å²) in [5, 5.41) is 7.70. The molecule has 2 heterocycles. The lowest BCUT2D eigenvalue weighted by molar-refractivity contribution is 0.228. The number of para-hydroxylation sites is 2. The van der Waals surface area contributed by atoms with Crippen LogP contribution in [-0.4, -0.2) is 44.3 Å². The van der Waals surface area contributed by atoms with Crippen molar-refractivity contribution in [1.82, 2.24) is 24.6 Å². The Bertz CT molecular complexity index is 1180. The summed E-state index contributed by atoms with van der Waals surface area (Å²) in [6.07, 6.45) is 1.57. The van der Waals surface area contributed by atoms with Crippen molar-refractivity contribution in [3.05, 3.63) is 81.7 Å². The maximum absolute atomic E-state index is 12.9. The molecule has 8 heteroatoms. The standard InChI is InChI=1S/C23H25ClN6O/c1-3-29(4-2)20(16-10-6-5-7-11-16)15-25-19-14-26-30(22(31)21(19)24)23-27-17-12-8-9-13-18(17)28-23/h5-14,20,25H,3-4,15H2,1-2H3,(H,27,28)/t20-/m1/s1. The van der Waals surface area contributed by atoms with Gasteiger partial charge in [0.05, 0.1) is 29.0 Å². The van der Waals surface area contributed by atoms with Crippen molar-refractivity contribution in [2.75, 3.05) is 25.0 Å². The van der Waals surface area contributed by atoms with Crippen LogP contribution in [0, 0.1) is 0 Å². The zero-order valence-electron chi connectivity index (χ0n) is 17.5. The van der Waals surface area contributed by atoms with Crippen LogP contribution in [0.2, 0.25) is 5.02 Å². The van der Waals surface area contributed by atoms with E-state index >= 15 is 0 Å². The van der Waals surface area contributed by atoms with Gasteiger partial charge < -0.3 is 10.3 Å². The van der Waals surface area contributed by atoms with E-state index in [4.69, 9.17) is 11.6 Å². The van der Waals surface area contributed by atoms with Crippen molar-refractivity contribution in [2.24, 2.45) is 0 Å². The molecule has 2 N–H and O–H groups in total. The van der Waals surface area contributed by atoms with Gasteiger partial charge in [0.25, 0.3) is 5.56 Å². The summed E-state index contributed by atoms with van der Waals surface area (Å²) >= 11 is 6.43. The monoisotopic (exact) mass is 436 g/mol. The van der Waals surface area contributed by atoms with E-state index in [1.807, 2.05) is 42.5 Å². The first kappa shape index (κ1) is 21.1. The number of imidazole rings is 1. The van der Waals surface area contributed by atoms with Crippen LogP contribution >= 0.6 is 11.6 Å². The number of H-pyrrole nitrogens is 1. The molecular weight excluding hydrogens is 412 g/mol. The number of anilines is 1. The SMILES string of the molecule is CCN(CC)[C@H](CNc1cnn(-c2nc3ccccc3[nH]2)c(=O)c1Cl)c1ccccc1. The molecule has 4 aromatic rings. The Morgan fingerprint density at radius 2 is 1.81 bits per heavy atom. The van der Waals surface area contributed by atoms with Gasteiger partial charge in [0.1, 0.15) is 5.02 Å². The smallest absolute Gasteiger partial charge is 0.295 e. The predicted octanol–water partition coefficient (Wildman–Crippen LogP) is 4.26. The summed E-state index contributed by atoms with van der Waals surface area (Å²) in [6, 6.07) is 18.0. The van der Waals surface area contributed by atoms with Crippen molar-refractivity contribution in [1.29, 1.82) is 0 Å². The van der Waals surface area contributed by atoms with E-state index in [-0.39, 0.29) is 11.1 Å². The Morgan fingerprint density at radius 3 is 2.52 bits per heavy atom. The number of halogens is 1. The first-order chi connectivity index (χ1) is 15.1. The molecule has 7 nitrogen and oxygen atoms in total. The van der Waals surface area contributed by atoms with E-state index in [2.05, 4.69) is 51.3 Å². The van der Waals surface area contributed by atoms with Gasteiger partial charge in [0, 0.05) is 6.54 Å². The fourth-order valence-electron chi connectivity index (χ4n) is 3.75. The molecule has 0 bridgehead atoms. The first-order valence-corrected chi connectivity index (χ1v) is 10.8. The zero-order chi connectivity index (χ0) is 21.8. The molecule has 0 saturated carbocycles. The fraction of sp³-hybridized carbons (Fsp3) is 0.261. The molecule has 0 spiro atoms. The fourth-order valence-corrected chi connectivity index (χ4v) is 3.95. The highest BCUT2D eigenvalue weighted by molar-refractivity contribution is 6.32. The minimum atomic E-state index is -0.426. The lowest BCUT2D eigenvalue weighted by atomic mass is 10.1. The van der Waals surface area contributed by atoms with Crippen LogP contribution in [0.4, 0.5) is 5.69 Å². The van der Waals surface area contributed by atoms with Crippen LogP contribution in [0.5, 0.6) is 0 Å². The van der Waals surface area contributed by atoms with Gasteiger partial charge in [-0.2, -0.15) is 9.78 Å². The molecule has 0 amide bonds. The van der Waals surface area contributed by atoms with E-state index in [1.165, 1.54) is 10.2 Å². The average Bonchev–Trinajstić information content (AvgIpc) is 3.23. The average molecular weight is 437 g/mol. The van der Waals surface area contributed by atoms with E-state index in [0.717, 1.165) is 24.1 Å². The topological polar surface area (TPSA) is 78.8 Å². The largest absolute Gasteiger partial charge is 0.380 e. The molecule has 0 aliphatic carbocycles. The van der Waals surface area contributed by atoms with Crippen molar-refractivity contribution in [2.45, 2.75) is 19.9 Å². The third-order valence-electron chi connectivity index (χ3n) is 5.42. The predicted molar refractivity (Wildman–Crippen MR) is 125 cm³/mol. The van der Waals surface area contributed by atoms with Gasteiger partial charge in [-0.25, -0.2) is 4.98 Å². The second-order valence-electron chi connectivity index (χ2n) is 7.20. The highest BCUT2D eigenvalue weighted by Gasteiger charge is 2.19. The van der Waals surface area contributed by atoms with E-state index in [9.17, 15) is 4.79 Å². The van der Waals surface area contributed by atoms with Crippen molar-refractivity contribution < 1.29 is 0 Å². The third kappa shape index (κ3) is 4.33. The number of aromatic nitrogens is 4. The number of aromatic amines is 1. The summed E-state index contributed by atoms with van der Waals surface area (Å²) in [5.74, 6) is 0.338. The van der Waals surface area contributed by atoms with Crippen molar-refractivity contribution in [3.63, 3.8) is 0 Å². The number of fused-ring (bicyclic) bond motifs is 1. The zero-order valence-corrected chi connectivity index (χ0v) is 18.3. The molecule has 0 aliphatic heterocycles. The Hall–Kier alpha value is -3.16. The summed E-state index contributed by atoms with van der Waals surface area (Å²) in [4.78, 5) is 22.8. The Balaban J connectivity index is 1.60. The molecule has 160 valence electrons. The summed E-state index contributed by atoms with van der Waals surface area (Å²) in [6.45, 7) is 6.71. The summed E-state index contributed by atoms with van der Waals surface area (Å²) in [5.41, 5.74) is 2.87. The molecule has 31 heavy (non-hydrogen) atoms. The number of nitrogens with zero attached hydrogens (tertiary/aromatic N) is 4. The maximum atomic E-state index is 12.9. The van der Waals surface area contributed by atoms with Gasteiger partial charge in [0.15, 0.2) is 0 Å². The van der Waals surface area contributed by atoms with E-state index in [0.29, 0.717) is 18.2 Å². The molecule has 0 saturated heterocycles. The van der Waals surface area contributed by atoms with Gasteiger partial charge in [-0.3, -0.25) is 9.69 Å². The van der Waals surface area contributed by atoms with E-state index < -0.39 is 5.56 Å². The number of rotatable bonds is 8. The minimum Gasteiger partial charge on any atom is -0.380 e. The van der Waals surface area contributed by atoms with Crippen molar-refractivity contribution in [3.8, 4) is 5.95 Å². The number of hydrogen-bond acceptors (Lipinski definition) is 5. The first-order valence-electron chi connectivity index (χ1n) is 10.4. The van der Waals surface area contributed by atoms with Crippen LogP contribution in [0.25, 0.3) is 17.0 Å². The number of hydrogen-bond donors (Lipinski definition) is 2. The van der Waals surface area contributed by atoms with Gasteiger partial charge in [-0.15, -0.1) is 0 Å². The van der Waals surface area contributed by atoms with Crippen LogP contribution in [0.15, 0.2) is 65.6 Å². The van der Waals surface area contributed by atoms with Gasteiger partial charge in [0.2, 0.25) is 5.95 Å². The Kier molecular flexibility index (Phi) is 6.34. The van der Waals surface area contributed by atoms with Crippen molar-refractivity contribution >= 4 is 28.3 Å². The highest BCUT2D eigenvalue weighted by Crippen LogP contribution is 2.23. The summed E-state index contributed by atoms with van der Waals surface area (Å²) < 4.78 is 1.19. The normalized spacial score (nSPS) is 12.4. The van der Waals surface area contributed by atoms with Crippen LogP contribution in [-0.2, 0) is 0 Å². The second kappa shape index (κ2) is 9.32. The highest BCUT2D eigenvalue weighted by atomic mass is 35.5. The lowest BCUT2D eigenvalue weighted by Crippen LogP contribution is -2.33. The lowest BCUT2D eigenvalue weighted by Gasteiger charge is -2.30. The third-order valence-corrected chi connectivity index (χ3v) is 5.79. The minimum absolute atomic E-state index is 0.0850. The Labute approximate surface area is 185 Å². The number of nitrogens with one attached hydrogen (secondary N) is 2. The molecule has 0 unspecified atom stereocenters. The van der Waals surface area contributed by atoms with E-state index in [1.54, 1.807) is 6.20 Å². The molecule has 1 atom stereocenters. The quantitative estimate of drug-likeness (QED) is 0.431. The maximum Gasteiger partial charge on any atom is 0.295 e. The van der Waals surface area contributed by atoms with Crippen LogP contribution < -0.4 is 10.9 Å². The van der Waals surface area contributed by atoms with Crippen LogP contribution in [0.3, 0.4) is 0 Å². The Morgan fingerprint density at radius 1 is 1.10 bits per heavy atom. The second-order valence-corrected chi connectivity index (χ2v) is 7.57. The molecule has 2 aromatic heterocycles. The van der Waals surface area contributed by atoms with Gasteiger partial charge in [-0.05, 0) is 30.8 Å².